The zero-order valence-corrected chi connectivity index (χ0v) is 13.1. The van der Waals surface area contributed by atoms with Crippen LogP contribution in [-0.4, -0.2) is 31.1 Å². The highest BCUT2D eigenvalue weighted by atomic mass is 32.1. The molecule has 0 saturated heterocycles. The molecule has 1 aromatic carbocycles. The zero-order valence-electron chi connectivity index (χ0n) is 12.3. The maximum Gasteiger partial charge on any atom is 0.349 e. The number of aryl methyl sites for hydroxylation is 1. The number of rotatable bonds is 6. The quantitative estimate of drug-likeness (QED) is 0.828. The monoisotopic (exact) mass is 320 g/mol. The summed E-state index contributed by atoms with van der Waals surface area (Å²) in [7, 11) is 2.90. The number of nitrogens with one attached hydrogen (secondary N) is 1. The molecule has 0 saturated carbocycles. The van der Waals surface area contributed by atoms with E-state index in [1.54, 1.807) is 7.11 Å². The second kappa shape index (κ2) is 7.56. The number of para-hydroxylation sites is 1. The predicted molar refractivity (Wildman–Crippen MR) is 83.4 cm³/mol. The van der Waals surface area contributed by atoms with Gasteiger partial charge in [-0.05, 0) is 18.1 Å². The van der Waals surface area contributed by atoms with E-state index in [9.17, 15) is 9.59 Å². The predicted octanol–water partition coefficient (Wildman–Crippen LogP) is 2.51. The van der Waals surface area contributed by atoms with Crippen molar-refractivity contribution in [1.82, 2.24) is 4.98 Å². The van der Waals surface area contributed by atoms with Crippen molar-refractivity contribution < 1.29 is 19.1 Å². The Morgan fingerprint density at radius 3 is 2.77 bits per heavy atom. The fourth-order valence-electron chi connectivity index (χ4n) is 1.87. The minimum Gasteiger partial charge on any atom is -0.496 e. The van der Waals surface area contributed by atoms with E-state index in [-0.39, 0.29) is 5.91 Å². The minimum atomic E-state index is -0.466. The first-order valence-electron chi connectivity index (χ1n) is 6.60. The summed E-state index contributed by atoms with van der Waals surface area (Å²) in [5, 5.41) is 3.05. The first-order valence-corrected chi connectivity index (χ1v) is 7.41. The summed E-state index contributed by atoms with van der Waals surface area (Å²) in [5.41, 5.74) is 0.967. The lowest BCUT2D eigenvalue weighted by molar-refractivity contribution is -0.116. The highest BCUT2D eigenvalue weighted by Crippen LogP contribution is 2.21. The number of carbonyl (C=O) groups is 2. The van der Waals surface area contributed by atoms with Crippen LogP contribution in [0.15, 0.2) is 30.5 Å². The van der Waals surface area contributed by atoms with Crippen LogP contribution in [0.5, 0.6) is 5.75 Å². The van der Waals surface area contributed by atoms with Gasteiger partial charge in [0.05, 0.1) is 20.4 Å². The molecule has 6 nitrogen and oxygen atoms in total. The average molecular weight is 320 g/mol. The number of esters is 1. The minimum absolute atomic E-state index is 0.170. The Bertz CT molecular complexity index is 669. The van der Waals surface area contributed by atoms with Gasteiger partial charge in [-0.3, -0.25) is 4.79 Å². The summed E-state index contributed by atoms with van der Waals surface area (Å²) < 4.78 is 9.83. The molecule has 2 rings (SSSR count). The molecule has 1 amide bonds. The summed E-state index contributed by atoms with van der Waals surface area (Å²) in [6.45, 7) is 0. The third-order valence-corrected chi connectivity index (χ3v) is 3.85. The molecular formula is C15H16N2O4S. The van der Waals surface area contributed by atoms with Crippen molar-refractivity contribution in [3.8, 4) is 5.75 Å². The van der Waals surface area contributed by atoms with Gasteiger partial charge in [0, 0.05) is 6.42 Å². The number of amides is 1. The summed E-state index contributed by atoms with van der Waals surface area (Å²) in [4.78, 5) is 27.6. The van der Waals surface area contributed by atoms with E-state index in [0.29, 0.717) is 22.9 Å². The summed E-state index contributed by atoms with van der Waals surface area (Å²) in [6.07, 6.45) is 2.24. The molecule has 0 bridgehead atoms. The molecule has 1 aromatic heterocycles. The number of benzene rings is 1. The van der Waals surface area contributed by atoms with Crippen molar-refractivity contribution in [2.45, 2.75) is 12.8 Å². The Balaban J connectivity index is 1.90. The van der Waals surface area contributed by atoms with Crippen LogP contribution in [-0.2, 0) is 16.0 Å². The lowest BCUT2D eigenvalue weighted by Gasteiger charge is -2.07. The van der Waals surface area contributed by atoms with Crippen LogP contribution in [0.2, 0.25) is 0 Å². The molecule has 0 aliphatic rings. The van der Waals surface area contributed by atoms with Crippen molar-refractivity contribution >= 4 is 28.3 Å². The van der Waals surface area contributed by atoms with Gasteiger partial charge in [0.1, 0.15) is 10.6 Å². The van der Waals surface area contributed by atoms with Crippen LogP contribution >= 0.6 is 11.3 Å². The number of methoxy groups -OCH3 is 2. The number of hydrogen-bond donors (Lipinski definition) is 1. The van der Waals surface area contributed by atoms with Crippen molar-refractivity contribution in [3.63, 3.8) is 0 Å². The molecule has 0 spiro atoms. The molecule has 0 unspecified atom stereocenters. The Kier molecular flexibility index (Phi) is 5.48. The van der Waals surface area contributed by atoms with Gasteiger partial charge >= 0.3 is 5.97 Å². The van der Waals surface area contributed by atoms with Gasteiger partial charge in [-0.25, -0.2) is 9.78 Å². The molecule has 2 aromatic rings. The Hall–Kier alpha value is -2.41. The van der Waals surface area contributed by atoms with Gasteiger partial charge in [-0.15, -0.1) is 0 Å². The molecule has 0 atom stereocenters. The van der Waals surface area contributed by atoms with Gasteiger partial charge < -0.3 is 14.8 Å². The SMILES string of the molecule is COC(=O)c1cnc(NC(=O)CCc2ccccc2OC)s1. The molecular weight excluding hydrogens is 304 g/mol. The van der Waals surface area contributed by atoms with Crippen LogP contribution in [0.4, 0.5) is 5.13 Å². The maximum absolute atomic E-state index is 11.9. The van der Waals surface area contributed by atoms with Gasteiger partial charge in [-0.1, -0.05) is 29.5 Å². The first kappa shape index (κ1) is 16.0. The normalized spacial score (nSPS) is 10.1. The van der Waals surface area contributed by atoms with Crippen LogP contribution in [0, 0.1) is 0 Å². The van der Waals surface area contributed by atoms with Gasteiger partial charge in [0.15, 0.2) is 5.13 Å². The maximum atomic E-state index is 11.9. The van der Waals surface area contributed by atoms with Crippen molar-refractivity contribution in [2.24, 2.45) is 0 Å². The Morgan fingerprint density at radius 2 is 2.05 bits per heavy atom. The molecule has 7 heteroatoms. The third-order valence-electron chi connectivity index (χ3n) is 2.95. The van der Waals surface area contributed by atoms with Crippen LogP contribution in [0.25, 0.3) is 0 Å². The number of ether oxygens (including phenoxy) is 2. The van der Waals surface area contributed by atoms with E-state index in [4.69, 9.17) is 4.74 Å². The number of hydrogen-bond acceptors (Lipinski definition) is 6. The molecule has 0 aliphatic carbocycles. The van der Waals surface area contributed by atoms with E-state index in [1.807, 2.05) is 24.3 Å². The molecule has 1 N–H and O–H groups in total. The number of thiazole rings is 1. The smallest absolute Gasteiger partial charge is 0.349 e. The standard InChI is InChI=1S/C15H16N2O4S/c1-20-11-6-4-3-5-10(11)7-8-13(18)17-15-16-9-12(22-15)14(19)21-2/h3-6,9H,7-8H2,1-2H3,(H,16,17,18). The first-order chi connectivity index (χ1) is 10.6. The van der Waals surface area contributed by atoms with E-state index >= 15 is 0 Å². The Morgan fingerprint density at radius 1 is 1.27 bits per heavy atom. The molecule has 116 valence electrons. The topological polar surface area (TPSA) is 77.5 Å². The van der Waals surface area contributed by atoms with Gasteiger partial charge in [0.2, 0.25) is 5.91 Å². The molecule has 1 heterocycles. The zero-order chi connectivity index (χ0) is 15.9. The fourth-order valence-corrected chi connectivity index (χ4v) is 2.62. The number of aromatic nitrogens is 1. The van der Waals surface area contributed by atoms with Crippen molar-refractivity contribution in [3.05, 3.63) is 40.9 Å². The van der Waals surface area contributed by atoms with Gasteiger partial charge in [0.25, 0.3) is 0 Å². The van der Waals surface area contributed by atoms with E-state index in [2.05, 4.69) is 15.0 Å². The van der Waals surface area contributed by atoms with E-state index in [0.717, 1.165) is 22.6 Å². The Labute approximate surface area is 132 Å². The van der Waals surface area contributed by atoms with Crippen molar-refractivity contribution in [2.75, 3.05) is 19.5 Å². The number of nitrogens with zero attached hydrogens (tertiary/aromatic N) is 1. The van der Waals surface area contributed by atoms with Crippen molar-refractivity contribution in [1.29, 1.82) is 0 Å². The highest BCUT2D eigenvalue weighted by molar-refractivity contribution is 7.17. The second-order valence-electron chi connectivity index (χ2n) is 4.38. The fraction of sp³-hybridized carbons (Fsp3) is 0.267. The molecule has 0 radical (unpaired) electrons. The van der Waals surface area contributed by atoms with Crippen LogP contribution in [0.3, 0.4) is 0 Å². The molecule has 22 heavy (non-hydrogen) atoms. The third kappa shape index (κ3) is 4.05. The molecule has 0 aliphatic heterocycles. The van der Waals surface area contributed by atoms with Crippen LogP contribution in [0.1, 0.15) is 21.7 Å². The van der Waals surface area contributed by atoms with Crippen LogP contribution < -0.4 is 10.1 Å². The van der Waals surface area contributed by atoms with E-state index in [1.165, 1.54) is 13.3 Å². The summed E-state index contributed by atoms with van der Waals surface area (Å²) in [6, 6.07) is 7.56. The van der Waals surface area contributed by atoms with Gasteiger partial charge in [-0.2, -0.15) is 0 Å². The lowest BCUT2D eigenvalue weighted by atomic mass is 10.1. The molecule has 0 fully saturated rings. The largest absolute Gasteiger partial charge is 0.496 e. The summed E-state index contributed by atoms with van der Waals surface area (Å²) >= 11 is 1.08. The number of carbonyl (C=O) groups excluding carboxylic acids is 2. The second-order valence-corrected chi connectivity index (χ2v) is 5.41. The highest BCUT2D eigenvalue weighted by Gasteiger charge is 2.13. The lowest BCUT2D eigenvalue weighted by Crippen LogP contribution is -2.12. The summed E-state index contributed by atoms with van der Waals surface area (Å²) in [5.74, 6) is 0.126. The van der Waals surface area contributed by atoms with E-state index < -0.39 is 5.97 Å². The number of anilines is 1. The average Bonchev–Trinajstić information content (AvgIpc) is 3.00.